The number of benzene rings is 1. The fourth-order valence-electron chi connectivity index (χ4n) is 2.93. The van der Waals surface area contributed by atoms with Crippen molar-refractivity contribution in [3.05, 3.63) is 56.2 Å². The van der Waals surface area contributed by atoms with Crippen molar-refractivity contribution in [3.63, 3.8) is 0 Å². The van der Waals surface area contributed by atoms with Crippen LogP contribution in [0.5, 0.6) is 5.75 Å². The lowest BCUT2D eigenvalue weighted by Crippen LogP contribution is -2.47. The molecule has 0 saturated carbocycles. The van der Waals surface area contributed by atoms with Gasteiger partial charge in [-0.1, -0.05) is 17.3 Å². The van der Waals surface area contributed by atoms with Crippen molar-refractivity contribution in [1.82, 2.24) is 15.5 Å². The predicted molar refractivity (Wildman–Crippen MR) is 108 cm³/mol. The molecule has 0 radical (unpaired) electrons. The predicted octanol–water partition coefficient (Wildman–Crippen LogP) is 3.74. The van der Waals surface area contributed by atoms with Gasteiger partial charge in [0.15, 0.2) is 11.4 Å². The Morgan fingerprint density at radius 1 is 1.32 bits per heavy atom. The monoisotopic (exact) mass is 401 g/mol. The molecule has 1 aromatic carbocycles. The zero-order valence-electron chi connectivity index (χ0n) is 16.5. The first-order valence-electron chi connectivity index (χ1n) is 8.89. The van der Waals surface area contributed by atoms with Crippen LogP contribution in [-0.2, 0) is 4.79 Å². The summed E-state index contributed by atoms with van der Waals surface area (Å²) in [7, 11) is 0. The van der Waals surface area contributed by atoms with E-state index in [4.69, 9.17) is 4.74 Å². The van der Waals surface area contributed by atoms with Crippen LogP contribution < -0.4 is 15.8 Å². The summed E-state index contributed by atoms with van der Waals surface area (Å²) < 4.78 is 10.5. The Kier molecular flexibility index (Phi) is 5.42. The molecule has 0 aliphatic carbocycles. The van der Waals surface area contributed by atoms with Gasteiger partial charge in [-0.25, -0.2) is 4.79 Å². The van der Waals surface area contributed by atoms with Gasteiger partial charge in [-0.3, -0.25) is 14.3 Å². The highest BCUT2D eigenvalue weighted by molar-refractivity contribution is 7.12. The quantitative estimate of drug-likeness (QED) is 0.656. The topological polar surface area (TPSA) is 97.2 Å². The van der Waals surface area contributed by atoms with Crippen LogP contribution >= 0.6 is 11.3 Å². The summed E-state index contributed by atoms with van der Waals surface area (Å²) >= 11 is 1.71. The molecule has 1 unspecified atom stereocenters. The largest absolute Gasteiger partial charge is 0.478 e. The van der Waals surface area contributed by atoms with Crippen LogP contribution in [0.15, 0.2) is 39.6 Å². The van der Waals surface area contributed by atoms with E-state index in [1.54, 1.807) is 49.4 Å². The van der Waals surface area contributed by atoms with Crippen molar-refractivity contribution >= 4 is 17.2 Å². The van der Waals surface area contributed by atoms with Crippen molar-refractivity contribution in [3.8, 4) is 17.1 Å². The summed E-state index contributed by atoms with van der Waals surface area (Å²) in [5.41, 5.74) is 0.643. The second-order valence-corrected chi connectivity index (χ2v) is 8.61. The molecule has 0 spiro atoms. The maximum Gasteiger partial charge on any atom is 0.439 e. The van der Waals surface area contributed by atoms with E-state index >= 15 is 0 Å². The molecule has 7 nitrogen and oxygen atoms in total. The van der Waals surface area contributed by atoms with Gasteiger partial charge in [0, 0.05) is 15.3 Å². The maximum absolute atomic E-state index is 12.8. The fraction of sp³-hybridized carbons (Fsp3) is 0.350. The van der Waals surface area contributed by atoms with Gasteiger partial charge in [-0.15, -0.1) is 11.3 Å². The number of carbonyl (C=O) groups is 1. The normalized spacial score (nSPS) is 12.6. The number of aryl methyl sites for hydroxylation is 2. The second kappa shape index (κ2) is 7.63. The zero-order chi connectivity index (χ0) is 20.5. The molecule has 2 aromatic heterocycles. The van der Waals surface area contributed by atoms with E-state index in [9.17, 15) is 9.59 Å². The van der Waals surface area contributed by atoms with E-state index in [-0.39, 0.29) is 11.9 Å². The van der Waals surface area contributed by atoms with Gasteiger partial charge in [0.05, 0.1) is 6.04 Å². The van der Waals surface area contributed by atoms with Crippen molar-refractivity contribution in [2.24, 2.45) is 0 Å². The maximum atomic E-state index is 12.8. The minimum atomic E-state index is -1.09. The molecular formula is C20H23N3O4S. The Morgan fingerprint density at radius 2 is 2.07 bits per heavy atom. The number of H-pyrrole nitrogens is 1. The van der Waals surface area contributed by atoms with Gasteiger partial charge in [0.1, 0.15) is 5.75 Å². The van der Waals surface area contributed by atoms with Crippen LogP contribution in [0.3, 0.4) is 0 Å². The van der Waals surface area contributed by atoms with E-state index < -0.39 is 11.4 Å². The minimum Gasteiger partial charge on any atom is -0.478 e. The first-order chi connectivity index (χ1) is 13.2. The fourth-order valence-corrected chi connectivity index (χ4v) is 3.95. The number of ether oxygens (including phenoxy) is 1. The lowest BCUT2D eigenvalue weighted by atomic mass is 10.1. The molecule has 148 valence electrons. The molecule has 0 fully saturated rings. The Bertz CT molecular complexity index is 1050. The Morgan fingerprint density at radius 3 is 2.68 bits per heavy atom. The van der Waals surface area contributed by atoms with Crippen molar-refractivity contribution in [2.75, 3.05) is 0 Å². The first kappa shape index (κ1) is 19.9. The van der Waals surface area contributed by atoms with Gasteiger partial charge in [-0.2, -0.15) is 0 Å². The van der Waals surface area contributed by atoms with E-state index in [1.807, 2.05) is 6.92 Å². The molecule has 0 aliphatic rings. The highest BCUT2D eigenvalue weighted by atomic mass is 32.1. The number of amides is 1. The third kappa shape index (κ3) is 4.33. The van der Waals surface area contributed by atoms with E-state index in [2.05, 4.69) is 39.9 Å². The number of hydrogen-bond acceptors (Lipinski definition) is 6. The summed E-state index contributed by atoms with van der Waals surface area (Å²) in [4.78, 5) is 28.9. The molecule has 3 rings (SSSR count). The van der Waals surface area contributed by atoms with Crippen LogP contribution in [0.4, 0.5) is 0 Å². The van der Waals surface area contributed by atoms with Crippen LogP contribution in [0.2, 0.25) is 0 Å². The number of rotatable bonds is 6. The first-order valence-corrected chi connectivity index (χ1v) is 9.70. The number of carbonyl (C=O) groups excluding carboxylic acids is 1. The van der Waals surface area contributed by atoms with Gasteiger partial charge >= 0.3 is 5.76 Å². The summed E-state index contributed by atoms with van der Waals surface area (Å²) in [6.45, 7) is 9.50. The number of nitrogens with one attached hydrogen (secondary N) is 2. The highest BCUT2D eigenvalue weighted by Crippen LogP contribution is 2.28. The zero-order valence-corrected chi connectivity index (χ0v) is 17.3. The molecule has 1 amide bonds. The number of hydrogen-bond donors (Lipinski definition) is 2. The number of nitrogens with zero attached hydrogens (tertiary/aromatic N) is 1. The summed E-state index contributed by atoms with van der Waals surface area (Å²) in [6.07, 6.45) is 0. The number of aromatic amines is 1. The Labute approximate surface area is 166 Å². The SMILES string of the molecule is Cc1cc(C(C)NC(=O)C(C)(C)Oc2cccc(-c3noc(=O)[nH]3)c2)c(C)s1. The standard InChI is InChI=1S/C20H23N3O4S/c1-11-9-16(13(3)28-11)12(2)21-18(24)20(4,5)26-15-8-6-7-14(10-15)17-22-19(25)27-23-17/h6-10,12H,1-5H3,(H,21,24)(H,22,23,25). The van der Waals surface area contributed by atoms with Gasteiger partial charge in [0.25, 0.3) is 5.91 Å². The van der Waals surface area contributed by atoms with Crippen molar-refractivity contribution in [2.45, 2.75) is 46.3 Å². The summed E-state index contributed by atoms with van der Waals surface area (Å²) in [5, 5.41) is 6.69. The van der Waals surface area contributed by atoms with Crippen LogP contribution in [-0.4, -0.2) is 21.6 Å². The average molecular weight is 401 g/mol. The van der Waals surface area contributed by atoms with Crippen LogP contribution in [0.1, 0.15) is 42.1 Å². The highest BCUT2D eigenvalue weighted by Gasteiger charge is 2.31. The van der Waals surface area contributed by atoms with Gasteiger partial charge < -0.3 is 10.1 Å². The molecule has 28 heavy (non-hydrogen) atoms. The molecule has 2 heterocycles. The summed E-state index contributed by atoms with van der Waals surface area (Å²) in [6, 6.07) is 8.93. The molecule has 2 N–H and O–H groups in total. The molecule has 3 aromatic rings. The van der Waals surface area contributed by atoms with Gasteiger partial charge in [0.2, 0.25) is 0 Å². The number of aromatic nitrogens is 2. The molecule has 8 heteroatoms. The Balaban J connectivity index is 1.73. The van der Waals surface area contributed by atoms with E-state index in [0.29, 0.717) is 17.1 Å². The third-order valence-electron chi connectivity index (χ3n) is 4.36. The van der Waals surface area contributed by atoms with Crippen LogP contribution in [0, 0.1) is 13.8 Å². The summed E-state index contributed by atoms with van der Waals surface area (Å²) in [5.74, 6) is -0.0659. The van der Waals surface area contributed by atoms with Crippen LogP contribution in [0.25, 0.3) is 11.4 Å². The van der Waals surface area contributed by atoms with Crippen molar-refractivity contribution in [1.29, 1.82) is 0 Å². The van der Waals surface area contributed by atoms with E-state index in [1.165, 1.54) is 9.75 Å². The van der Waals surface area contributed by atoms with Crippen molar-refractivity contribution < 1.29 is 14.1 Å². The molecule has 0 aliphatic heterocycles. The Hall–Kier alpha value is -2.87. The average Bonchev–Trinajstić information content (AvgIpc) is 3.19. The molecule has 0 bridgehead atoms. The lowest BCUT2D eigenvalue weighted by molar-refractivity contribution is -0.134. The second-order valence-electron chi connectivity index (χ2n) is 7.15. The molecule has 0 saturated heterocycles. The van der Waals surface area contributed by atoms with Gasteiger partial charge in [-0.05, 0) is 58.4 Å². The minimum absolute atomic E-state index is 0.119. The van der Waals surface area contributed by atoms with E-state index in [0.717, 1.165) is 5.56 Å². The number of thiophene rings is 1. The third-order valence-corrected chi connectivity index (χ3v) is 5.34. The smallest absolute Gasteiger partial charge is 0.439 e. The lowest BCUT2D eigenvalue weighted by Gasteiger charge is -2.27. The molecule has 1 atom stereocenters. The molecular weight excluding hydrogens is 378 g/mol.